The van der Waals surface area contributed by atoms with Gasteiger partial charge in [0.25, 0.3) is 5.91 Å². The van der Waals surface area contributed by atoms with Crippen LogP contribution < -0.4 is 15.4 Å². The third-order valence-corrected chi connectivity index (χ3v) is 7.69. The summed E-state index contributed by atoms with van der Waals surface area (Å²) in [5.41, 5.74) is 3.40. The van der Waals surface area contributed by atoms with Gasteiger partial charge in [-0.25, -0.2) is 0 Å². The molecule has 3 unspecified atom stereocenters. The predicted molar refractivity (Wildman–Crippen MR) is 134 cm³/mol. The number of carbonyl (C=O) groups is 2. The summed E-state index contributed by atoms with van der Waals surface area (Å²) in [5, 5.41) is 6.58. The van der Waals surface area contributed by atoms with Gasteiger partial charge in [-0.1, -0.05) is 42.0 Å². The molecule has 2 aromatic rings. The van der Waals surface area contributed by atoms with Gasteiger partial charge in [0, 0.05) is 23.8 Å². The lowest BCUT2D eigenvalue weighted by molar-refractivity contribution is -0.127. The highest BCUT2D eigenvalue weighted by Crippen LogP contribution is 2.40. The molecule has 2 N–H and O–H groups in total. The maximum absolute atomic E-state index is 12.8. The highest BCUT2D eigenvalue weighted by Gasteiger charge is 2.39. The minimum absolute atomic E-state index is 0.0284. The van der Waals surface area contributed by atoms with E-state index in [0.29, 0.717) is 24.8 Å². The van der Waals surface area contributed by atoms with E-state index in [4.69, 9.17) is 4.74 Å². The van der Waals surface area contributed by atoms with Crippen LogP contribution in [0.3, 0.4) is 0 Å². The molecule has 33 heavy (non-hydrogen) atoms. The van der Waals surface area contributed by atoms with E-state index in [2.05, 4.69) is 29.7 Å². The summed E-state index contributed by atoms with van der Waals surface area (Å²) in [7, 11) is 0. The Balaban J connectivity index is 1.26. The predicted octanol–water partition coefficient (Wildman–Crippen LogP) is 4.49. The smallest absolute Gasteiger partial charge is 0.257 e. The normalized spacial score (nSPS) is 23.5. The standard InChI is InChI=1S/C27H32N2O3S/c1-3-32-22-10-7-19(8-11-22)13-14-28-26(30)21-9-12-24-23(17-21)29-27(31)25(33-24)16-20-6-4-5-18(2)15-20/h4-8,10-11,15-16,21,23-24H,3,9,12-14,17H2,1-2H3,(H,28,30)(H,29,31)/b25-16+. The summed E-state index contributed by atoms with van der Waals surface area (Å²) in [6, 6.07) is 16.2. The molecule has 4 rings (SSSR count). The lowest BCUT2D eigenvalue weighted by Gasteiger charge is -2.39. The molecule has 0 spiro atoms. The average molecular weight is 465 g/mol. The molecule has 1 saturated carbocycles. The fourth-order valence-corrected chi connectivity index (χ4v) is 5.83. The van der Waals surface area contributed by atoms with Crippen LogP contribution in [0.15, 0.2) is 53.4 Å². The first-order valence-corrected chi connectivity index (χ1v) is 12.6. The van der Waals surface area contributed by atoms with Gasteiger partial charge in [0.15, 0.2) is 0 Å². The van der Waals surface area contributed by atoms with Crippen LogP contribution in [0.4, 0.5) is 0 Å². The molecule has 2 fully saturated rings. The maximum atomic E-state index is 12.8. The Morgan fingerprint density at radius 1 is 1.21 bits per heavy atom. The fourth-order valence-electron chi connectivity index (χ4n) is 4.53. The molecule has 0 aromatic heterocycles. The monoisotopic (exact) mass is 464 g/mol. The van der Waals surface area contributed by atoms with Gasteiger partial charge in [0.05, 0.1) is 11.5 Å². The van der Waals surface area contributed by atoms with Crippen molar-refractivity contribution < 1.29 is 14.3 Å². The topological polar surface area (TPSA) is 67.4 Å². The zero-order chi connectivity index (χ0) is 23.2. The minimum atomic E-state index is -0.0465. The van der Waals surface area contributed by atoms with E-state index in [1.165, 1.54) is 11.1 Å². The lowest BCUT2D eigenvalue weighted by atomic mass is 9.84. The molecule has 1 saturated heterocycles. The summed E-state index contributed by atoms with van der Waals surface area (Å²) in [4.78, 5) is 26.2. The van der Waals surface area contributed by atoms with Gasteiger partial charge in [-0.05, 0) is 68.9 Å². The van der Waals surface area contributed by atoms with E-state index in [0.717, 1.165) is 35.5 Å². The van der Waals surface area contributed by atoms with E-state index < -0.39 is 0 Å². The number of ether oxygens (including phenoxy) is 1. The van der Waals surface area contributed by atoms with Gasteiger partial charge in [-0.3, -0.25) is 9.59 Å². The molecule has 5 nitrogen and oxygen atoms in total. The second-order valence-electron chi connectivity index (χ2n) is 8.79. The highest BCUT2D eigenvalue weighted by molar-refractivity contribution is 8.04. The molecule has 1 aliphatic carbocycles. The zero-order valence-corrected chi connectivity index (χ0v) is 20.1. The molecular weight excluding hydrogens is 432 g/mol. The number of amides is 2. The van der Waals surface area contributed by atoms with Crippen LogP contribution in [0.1, 0.15) is 42.9 Å². The number of rotatable bonds is 7. The minimum Gasteiger partial charge on any atom is -0.494 e. The Kier molecular flexibility index (Phi) is 7.76. The van der Waals surface area contributed by atoms with Crippen LogP contribution in [-0.4, -0.2) is 36.3 Å². The number of fused-ring (bicyclic) bond motifs is 1. The van der Waals surface area contributed by atoms with E-state index in [1.807, 2.05) is 49.4 Å². The molecule has 0 radical (unpaired) electrons. The first-order chi connectivity index (χ1) is 16.0. The molecule has 6 heteroatoms. The fraction of sp³-hybridized carbons (Fsp3) is 0.407. The maximum Gasteiger partial charge on any atom is 0.257 e. The Morgan fingerprint density at radius 3 is 2.79 bits per heavy atom. The Hall–Kier alpha value is -2.73. The summed E-state index contributed by atoms with van der Waals surface area (Å²) >= 11 is 1.66. The molecule has 2 aliphatic rings. The number of hydrogen-bond donors (Lipinski definition) is 2. The van der Waals surface area contributed by atoms with Gasteiger partial charge in [-0.15, -0.1) is 11.8 Å². The summed E-state index contributed by atoms with van der Waals surface area (Å²) in [6.07, 6.45) is 5.25. The third kappa shape index (κ3) is 6.20. The van der Waals surface area contributed by atoms with Gasteiger partial charge in [-0.2, -0.15) is 0 Å². The van der Waals surface area contributed by atoms with Gasteiger partial charge in [0.2, 0.25) is 5.91 Å². The second-order valence-corrected chi connectivity index (χ2v) is 10.1. The van der Waals surface area contributed by atoms with Crippen LogP contribution in [0.2, 0.25) is 0 Å². The lowest BCUT2D eigenvalue weighted by Crippen LogP contribution is -2.51. The van der Waals surface area contributed by atoms with Crippen molar-refractivity contribution in [1.29, 1.82) is 0 Å². The summed E-state index contributed by atoms with van der Waals surface area (Å²) in [6.45, 7) is 5.29. The molecule has 0 bridgehead atoms. The van der Waals surface area contributed by atoms with E-state index in [9.17, 15) is 9.59 Å². The summed E-state index contributed by atoms with van der Waals surface area (Å²) < 4.78 is 5.47. The van der Waals surface area contributed by atoms with Crippen molar-refractivity contribution in [3.63, 3.8) is 0 Å². The van der Waals surface area contributed by atoms with Crippen molar-refractivity contribution in [1.82, 2.24) is 10.6 Å². The van der Waals surface area contributed by atoms with Crippen molar-refractivity contribution >= 4 is 29.7 Å². The largest absolute Gasteiger partial charge is 0.494 e. The zero-order valence-electron chi connectivity index (χ0n) is 19.3. The van der Waals surface area contributed by atoms with Gasteiger partial charge in [0.1, 0.15) is 5.75 Å². The Morgan fingerprint density at radius 2 is 2.03 bits per heavy atom. The SMILES string of the molecule is CCOc1ccc(CCNC(=O)C2CCC3S/C(=C/c4cccc(C)c4)C(=O)NC3C2)cc1. The molecule has 1 aliphatic heterocycles. The van der Waals surface area contributed by atoms with E-state index >= 15 is 0 Å². The first-order valence-electron chi connectivity index (χ1n) is 11.8. The number of aryl methyl sites for hydroxylation is 1. The van der Waals surface area contributed by atoms with Gasteiger partial charge >= 0.3 is 0 Å². The van der Waals surface area contributed by atoms with Gasteiger partial charge < -0.3 is 15.4 Å². The van der Waals surface area contributed by atoms with Crippen LogP contribution >= 0.6 is 11.8 Å². The number of carbonyl (C=O) groups excluding carboxylic acids is 2. The molecular formula is C27H32N2O3S. The van der Waals surface area contributed by atoms with Crippen molar-refractivity contribution in [2.24, 2.45) is 5.92 Å². The Labute approximate surface area is 200 Å². The van der Waals surface area contributed by atoms with E-state index in [1.54, 1.807) is 11.8 Å². The van der Waals surface area contributed by atoms with Crippen molar-refractivity contribution in [3.05, 3.63) is 70.1 Å². The number of thioether (sulfide) groups is 1. The molecule has 2 amide bonds. The summed E-state index contributed by atoms with van der Waals surface area (Å²) in [5.74, 6) is 0.889. The Bertz CT molecular complexity index is 1020. The van der Waals surface area contributed by atoms with Crippen LogP contribution in [0, 0.1) is 12.8 Å². The second kappa shape index (κ2) is 10.9. The number of nitrogens with one attached hydrogen (secondary N) is 2. The molecule has 3 atom stereocenters. The third-order valence-electron chi connectivity index (χ3n) is 6.26. The quantitative estimate of drug-likeness (QED) is 0.593. The van der Waals surface area contributed by atoms with Crippen molar-refractivity contribution in [2.75, 3.05) is 13.2 Å². The first kappa shape index (κ1) is 23.4. The molecule has 2 aromatic carbocycles. The van der Waals surface area contributed by atoms with Crippen LogP contribution in [-0.2, 0) is 16.0 Å². The highest BCUT2D eigenvalue weighted by atomic mass is 32.2. The van der Waals surface area contributed by atoms with Crippen LogP contribution in [0.5, 0.6) is 5.75 Å². The van der Waals surface area contributed by atoms with Crippen molar-refractivity contribution in [3.8, 4) is 5.75 Å². The van der Waals surface area contributed by atoms with Crippen molar-refractivity contribution in [2.45, 2.75) is 50.8 Å². The number of benzene rings is 2. The van der Waals surface area contributed by atoms with E-state index in [-0.39, 0.29) is 23.8 Å². The van der Waals surface area contributed by atoms with Crippen LogP contribution in [0.25, 0.3) is 6.08 Å². The number of hydrogen-bond acceptors (Lipinski definition) is 4. The average Bonchev–Trinajstić information content (AvgIpc) is 2.80. The molecule has 1 heterocycles. The molecule has 174 valence electrons.